The highest BCUT2D eigenvalue weighted by molar-refractivity contribution is 7.45. The minimum absolute atomic E-state index is 0.103. The first-order chi connectivity index (χ1) is 16.4. The number of quaternary nitrogens is 1. The first-order valence-corrected chi connectivity index (χ1v) is 14.5. The predicted octanol–water partition coefficient (Wildman–Crippen LogP) is 4.08. The van der Waals surface area contributed by atoms with Crippen LogP contribution in [0.4, 0.5) is 0 Å². The summed E-state index contributed by atoms with van der Waals surface area (Å²) in [7, 11) is -4.51. The highest BCUT2D eigenvalue weighted by atomic mass is 31.2. The molecule has 0 aromatic heterocycles. The molecule has 34 heavy (non-hydrogen) atoms. The van der Waals surface area contributed by atoms with Crippen molar-refractivity contribution in [2.24, 2.45) is 0 Å². The van der Waals surface area contributed by atoms with Gasteiger partial charge in [0.1, 0.15) is 13.2 Å². The van der Waals surface area contributed by atoms with Crippen LogP contribution >= 0.6 is 7.82 Å². The van der Waals surface area contributed by atoms with Gasteiger partial charge in [-0.15, -0.1) is 0 Å². The van der Waals surface area contributed by atoms with Crippen molar-refractivity contribution < 1.29 is 43.3 Å². The van der Waals surface area contributed by atoms with Crippen molar-refractivity contribution in [3.8, 4) is 0 Å². The summed E-state index contributed by atoms with van der Waals surface area (Å²) < 4.78 is 30.5. The van der Waals surface area contributed by atoms with E-state index in [0.717, 1.165) is 19.3 Å². The minimum Gasteiger partial charge on any atom is -0.756 e. The molecule has 0 rings (SSSR count). The van der Waals surface area contributed by atoms with Crippen LogP contribution < -0.4 is 10.6 Å². The predicted molar refractivity (Wildman–Crippen MR) is 129 cm³/mol. The summed E-state index contributed by atoms with van der Waals surface area (Å²) in [6.45, 7) is 1.81. The van der Waals surface area contributed by atoms with Gasteiger partial charge in [0.25, 0.3) is 14.3 Å². The molecule has 0 fully saturated rings. The number of hydrogen-bond acceptors (Lipinski definition) is 8. The molecular weight excluding hydrogens is 461 g/mol. The quantitative estimate of drug-likeness (QED) is 0.0796. The number of esters is 1. The van der Waals surface area contributed by atoms with Gasteiger partial charge >= 0.3 is 5.97 Å². The third-order valence-corrected chi connectivity index (χ3v) is 6.44. The molecule has 0 aromatic carbocycles. The van der Waals surface area contributed by atoms with Gasteiger partial charge in [-0.2, -0.15) is 0 Å². The van der Waals surface area contributed by atoms with Gasteiger partial charge in [0.15, 0.2) is 6.10 Å². The lowest BCUT2D eigenvalue weighted by Crippen LogP contribution is -2.52. The number of unbranched alkanes of at least 4 members (excludes halogenated alkanes) is 14. The van der Waals surface area contributed by atoms with Crippen molar-refractivity contribution in [1.82, 2.24) is 0 Å². The number of phosphoric ester groups is 1. The van der Waals surface area contributed by atoms with E-state index in [4.69, 9.17) is 9.47 Å². The van der Waals surface area contributed by atoms with Crippen molar-refractivity contribution in [3.05, 3.63) is 0 Å². The van der Waals surface area contributed by atoms with Crippen molar-refractivity contribution in [2.45, 2.75) is 116 Å². The summed E-state index contributed by atoms with van der Waals surface area (Å²) in [4.78, 5) is 34.0. The van der Waals surface area contributed by atoms with Crippen LogP contribution in [-0.2, 0) is 32.7 Å². The third kappa shape index (κ3) is 22.8. The molecule has 0 aliphatic carbocycles. The monoisotopic (exact) mass is 509 g/mol. The van der Waals surface area contributed by atoms with E-state index in [1.54, 1.807) is 0 Å². The Labute approximate surface area is 206 Å². The number of rotatable bonds is 26. The Hall–Kier alpha value is -0.990. The Kier molecular flexibility index (Phi) is 23.0. The van der Waals surface area contributed by atoms with Gasteiger partial charge in [0.05, 0.1) is 13.2 Å². The second-order valence-electron chi connectivity index (χ2n) is 8.67. The standard InChI is InChI=1S/C24H48NO8P/c1-2-3-4-5-6-7-8-9-10-11-12-13-14-15-16-17-24(27)30-20-23(31-22-26)21-33-34(28,29)32-19-18-25/h22-23H,2-21,25H2,1H3,(H,28,29)/t23-/m1/s1. The van der Waals surface area contributed by atoms with Crippen molar-refractivity contribution in [2.75, 3.05) is 26.4 Å². The zero-order valence-electron chi connectivity index (χ0n) is 21.2. The van der Waals surface area contributed by atoms with Crippen LogP contribution in [0.3, 0.4) is 0 Å². The van der Waals surface area contributed by atoms with E-state index in [9.17, 15) is 19.0 Å². The number of phosphoric acid groups is 1. The highest BCUT2D eigenvalue weighted by Gasteiger charge is 2.18. The maximum atomic E-state index is 11.9. The lowest BCUT2D eigenvalue weighted by atomic mass is 10.0. The summed E-state index contributed by atoms with van der Waals surface area (Å²) in [6, 6.07) is 0. The Balaban J connectivity index is 3.64. The molecule has 0 spiro atoms. The van der Waals surface area contributed by atoms with E-state index in [-0.39, 0.29) is 32.7 Å². The van der Waals surface area contributed by atoms with Crippen LogP contribution in [0.25, 0.3) is 0 Å². The van der Waals surface area contributed by atoms with E-state index in [0.29, 0.717) is 0 Å². The first-order valence-electron chi connectivity index (χ1n) is 13.1. The molecule has 0 aromatic rings. The summed E-state index contributed by atoms with van der Waals surface area (Å²) in [6.07, 6.45) is 18.0. The Bertz CT molecular complexity index is 535. The van der Waals surface area contributed by atoms with Crippen LogP contribution in [-0.4, -0.2) is 44.9 Å². The number of carbonyl (C=O) groups excluding carboxylic acids is 2. The molecule has 0 saturated heterocycles. The van der Waals surface area contributed by atoms with Gasteiger partial charge in [-0.1, -0.05) is 96.8 Å². The highest BCUT2D eigenvalue weighted by Crippen LogP contribution is 2.37. The number of carbonyl (C=O) groups is 2. The van der Waals surface area contributed by atoms with Gasteiger partial charge < -0.3 is 29.1 Å². The largest absolute Gasteiger partial charge is 0.756 e. The molecule has 202 valence electrons. The molecule has 0 aliphatic rings. The van der Waals surface area contributed by atoms with Gasteiger partial charge in [-0.05, 0) is 6.42 Å². The van der Waals surface area contributed by atoms with Gasteiger partial charge in [-0.3, -0.25) is 14.2 Å². The normalized spacial score (nSPS) is 13.9. The van der Waals surface area contributed by atoms with E-state index < -0.39 is 26.5 Å². The molecule has 3 N–H and O–H groups in total. The second-order valence-corrected chi connectivity index (χ2v) is 10.1. The molecule has 0 amide bonds. The average molecular weight is 510 g/mol. The Morgan fingerprint density at radius 2 is 1.35 bits per heavy atom. The third-order valence-electron chi connectivity index (χ3n) is 5.47. The molecule has 0 heterocycles. The summed E-state index contributed by atoms with van der Waals surface area (Å²) in [5.74, 6) is -0.409. The molecule has 9 nitrogen and oxygen atoms in total. The number of hydrogen-bond donors (Lipinski definition) is 1. The van der Waals surface area contributed by atoms with Crippen LogP contribution in [0.2, 0.25) is 0 Å². The molecule has 0 bridgehead atoms. The second kappa shape index (κ2) is 23.7. The minimum atomic E-state index is -4.51. The fraction of sp³-hybridized carbons (Fsp3) is 0.917. The molecule has 0 saturated carbocycles. The summed E-state index contributed by atoms with van der Waals surface area (Å²) in [5.41, 5.74) is 3.46. The van der Waals surface area contributed by atoms with Gasteiger partial charge in [-0.25, -0.2) is 0 Å². The van der Waals surface area contributed by atoms with Gasteiger partial charge in [0.2, 0.25) is 0 Å². The fourth-order valence-electron chi connectivity index (χ4n) is 3.49. The Morgan fingerprint density at radius 3 is 1.82 bits per heavy atom. The fourth-order valence-corrected chi connectivity index (χ4v) is 4.27. The molecule has 2 atom stereocenters. The maximum absolute atomic E-state index is 11.9. The van der Waals surface area contributed by atoms with E-state index in [2.05, 4.69) is 21.7 Å². The number of ether oxygens (including phenoxy) is 2. The van der Waals surface area contributed by atoms with Crippen molar-refractivity contribution in [1.29, 1.82) is 0 Å². The van der Waals surface area contributed by atoms with E-state index in [1.807, 2.05) is 0 Å². The van der Waals surface area contributed by atoms with Crippen LogP contribution in [0.5, 0.6) is 0 Å². The van der Waals surface area contributed by atoms with Crippen LogP contribution in [0.1, 0.15) is 110 Å². The zero-order valence-corrected chi connectivity index (χ0v) is 22.1. The molecule has 10 heteroatoms. The van der Waals surface area contributed by atoms with Crippen molar-refractivity contribution in [3.63, 3.8) is 0 Å². The molecule has 0 aliphatic heterocycles. The molecular formula is C24H48NO8P. The Morgan fingerprint density at radius 1 is 0.853 bits per heavy atom. The molecule has 1 unspecified atom stereocenters. The summed E-state index contributed by atoms with van der Waals surface area (Å²) in [5, 5.41) is 0. The lowest BCUT2D eigenvalue weighted by Gasteiger charge is -2.24. The lowest BCUT2D eigenvalue weighted by molar-refractivity contribution is -0.373. The maximum Gasteiger partial charge on any atom is 0.305 e. The van der Waals surface area contributed by atoms with Crippen LogP contribution in [0.15, 0.2) is 0 Å². The zero-order chi connectivity index (χ0) is 25.3. The first kappa shape index (κ1) is 33.0. The summed E-state index contributed by atoms with van der Waals surface area (Å²) >= 11 is 0. The average Bonchev–Trinajstić information content (AvgIpc) is 2.82. The van der Waals surface area contributed by atoms with Crippen LogP contribution in [0, 0.1) is 0 Å². The van der Waals surface area contributed by atoms with E-state index >= 15 is 0 Å². The SMILES string of the molecule is CCCCCCCCCCCCCCCCCC(=O)OC[C@H](COP(=O)([O-])OCC[NH3+])OC=O. The van der Waals surface area contributed by atoms with Crippen molar-refractivity contribution >= 4 is 20.3 Å². The van der Waals surface area contributed by atoms with Gasteiger partial charge in [0, 0.05) is 6.42 Å². The molecule has 0 radical (unpaired) electrons. The van der Waals surface area contributed by atoms with E-state index in [1.165, 1.54) is 77.0 Å². The topological polar surface area (TPSA) is 139 Å². The smallest absolute Gasteiger partial charge is 0.305 e.